The van der Waals surface area contributed by atoms with E-state index < -0.39 is 11.9 Å². The second-order valence-corrected chi connectivity index (χ2v) is 8.76. The molecule has 9 heteroatoms. The van der Waals surface area contributed by atoms with Crippen molar-refractivity contribution < 1.29 is 13.2 Å². The van der Waals surface area contributed by atoms with E-state index in [1.807, 2.05) is 26.8 Å². The van der Waals surface area contributed by atoms with Crippen LogP contribution in [0.1, 0.15) is 57.1 Å². The van der Waals surface area contributed by atoms with Crippen molar-refractivity contribution in [1.29, 1.82) is 0 Å². The molecule has 0 amide bonds. The Bertz CT molecular complexity index is 857. The molecule has 1 fully saturated rings. The van der Waals surface area contributed by atoms with Gasteiger partial charge in [0.15, 0.2) is 5.69 Å². The van der Waals surface area contributed by atoms with E-state index >= 15 is 0 Å². The fourth-order valence-electron chi connectivity index (χ4n) is 3.13. The molecule has 1 saturated heterocycles. The van der Waals surface area contributed by atoms with Gasteiger partial charge in [-0.3, -0.25) is 5.10 Å². The molecule has 200 valence electrons. The van der Waals surface area contributed by atoms with Gasteiger partial charge in [-0.05, 0) is 51.6 Å². The number of aromatic amines is 1. The minimum absolute atomic E-state index is 0.164. The zero-order valence-electron chi connectivity index (χ0n) is 22.5. The van der Waals surface area contributed by atoms with E-state index in [-0.39, 0.29) is 5.56 Å². The Labute approximate surface area is 214 Å². The van der Waals surface area contributed by atoms with E-state index in [4.69, 9.17) is 11.6 Å². The molecule has 0 spiro atoms. The molecule has 1 aromatic carbocycles. The molecule has 3 rings (SSSR count). The first-order valence-corrected chi connectivity index (χ1v) is 12.4. The van der Waals surface area contributed by atoms with Crippen molar-refractivity contribution in [3.8, 4) is 0 Å². The largest absolute Gasteiger partial charge is 0.435 e. The maximum absolute atomic E-state index is 12.0. The second kappa shape index (κ2) is 16.6. The van der Waals surface area contributed by atoms with Crippen LogP contribution in [0.3, 0.4) is 0 Å². The van der Waals surface area contributed by atoms with E-state index in [0.717, 1.165) is 37.7 Å². The van der Waals surface area contributed by atoms with Crippen LogP contribution in [-0.2, 0) is 12.7 Å². The molecule has 0 atom stereocenters. The van der Waals surface area contributed by atoms with Gasteiger partial charge < -0.3 is 15.1 Å². The zero-order valence-corrected chi connectivity index (χ0v) is 23.2. The monoisotopic (exact) mass is 517 g/mol. The van der Waals surface area contributed by atoms with Crippen LogP contribution in [0.2, 0.25) is 5.02 Å². The maximum atomic E-state index is 12.0. The highest BCUT2D eigenvalue weighted by atomic mass is 35.5. The number of nitrogens with one attached hydrogen (secondary N) is 2. The summed E-state index contributed by atoms with van der Waals surface area (Å²) in [6, 6.07) is 6.73. The summed E-state index contributed by atoms with van der Waals surface area (Å²) in [5, 5.41) is 9.71. The van der Waals surface area contributed by atoms with Crippen molar-refractivity contribution in [2.24, 2.45) is 0 Å². The average Bonchev–Trinajstić information content (AvgIpc) is 3.14. The van der Waals surface area contributed by atoms with E-state index in [9.17, 15) is 13.2 Å². The smallest absolute Gasteiger partial charge is 0.369 e. The summed E-state index contributed by atoms with van der Waals surface area (Å²) in [7, 11) is 2.18. The summed E-state index contributed by atoms with van der Waals surface area (Å²) >= 11 is 6.14. The van der Waals surface area contributed by atoms with E-state index in [0.29, 0.717) is 11.7 Å². The molecule has 0 radical (unpaired) electrons. The van der Waals surface area contributed by atoms with Crippen LogP contribution in [0.5, 0.6) is 0 Å². The second-order valence-electron chi connectivity index (χ2n) is 8.33. The van der Waals surface area contributed by atoms with Crippen molar-refractivity contribution >= 4 is 17.3 Å². The Morgan fingerprint density at radius 3 is 2.11 bits per heavy atom. The standard InChI is InChI=1S/C15H24ClN3.C6H7F3N2.C3H6.C2H6/c1-12(2)17-11-13-10-14(16)4-5-15(13)19-8-6-18(3)7-9-19;1-3-4(2)10-11-5(3)6(7,8)9;1-3-2;1-2/h4-5,10,12,17H,6-9,11H2,1-3H3;1-2H3,(H,10,11);3H,1H2,2H3;1-2H3. The maximum Gasteiger partial charge on any atom is 0.435 e. The Morgan fingerprint density at radius 2 is 1.71 bits per heavy atom. The van der Waals surface area contributed by atoms with E-state index in [1.165, 1.54) is 18.2 Å². The number of allylic oxidation sites excluding steroid dienone is 1. The van der Waals surface area contributed by atoms with Crippen molar-refractivity contribution in [1.82, 2.24) is 20.4 Å². The molecule has 2 aromatic rings. The lowest BCUT2D eigenvalue weighted by molar-refractivity contribution is -0.141. The predicted octanol–water partition coefficient (Wildman–Crippen LogP) is 6.85. The predicted molar refractivity (Wildman–Crippen MR) is 143 cm³/mol. The van der Waals surface area contributed by atoms with Crippen LogP contribution < -0.4 is 10.2 Å². The first kappa shape index (κ1) is 33.0. The quantitative estimate of drug-likeness (QED) is 0.435. The highest BCUT2D eigenvalue weighted by Crippen LogP contribution is 2.30. The van der Waals surface area contributed by atoms with Gasteiger partial charge in [0.25, 0.3) is 0 Å². The molecule has 1 aromatic heterocycles. The summed E-state index contributed by atoms with van der Waals surface area (Å²) in [6.45, 7) is 21.8. The molecule has 0 saturated carbocycles. The third kappa shape index (κ3) is 12.0. The average molecular weight is 518 g/mol. The fraction of sp³-hybridized carbons (Fsp3) is 0.577. The van der Waals surface area contributed by atoms with Crippen molar-refractivity contribution in [3.05, 3.63) is 58.4 Å². The number of piperazine rings is 1. The van der Waals surface area contributed by atoms with Gasteiger partial charge in [-0.15, -0.1) is 6.58 Å². The number of likely N-dealkylation sites (N-methyl/N-ethyl adjacent to an activating group) is 1. The number of rotatable bonds is 4. The molecule has 5 nitrogen and oxygen atoms in total. The van der Waals surface area contributed by atoms with Crippen molar-refractivity contribution in [2.45, 2.75) is 67.2 Å². The van der Waals surface area contributed by atoms with Gasteiger partial charge in [-0.25, -0.2) is 0 Å². The Morgan fingerprint density at radius 1 is 1.17 bits per heavy atom. The number of anilines is 1. The Hall–Kier alpha value is -2.03. The lowest BCUT2D eigenvalue weighted by atomic mass is 10.1. The molecule has 0 unspecified atom stereocenters. The zero-order chi connectivity index (χ0) is 27.2. The van der Waals surface area contributed by atoms with Gasteiger partial charge in [0, 0.05) is 60.7 Å². The molecule has 0 bridgehead atoms. The number of aromatic nitrogens is 2. The number of hydrogen-bond donors (Lipinski definition) is 2. The Kier molecular flexibility index (Phi) is 15.6. The highest BCUT2D eigenvalue weighted by Gasteiger charge is 2.35. The number of benzene rings is 1. The third-order valence-electron chi connectivity index (χ3n) is 5.11. The lowest BCUT2D eigenvalue weighted by Crippen LogP contribution is -2.45. The van der Waals surface area contributed by atoms with Gasteiger partial charge in [-0.2, -0.15) is 18.3 Å². The normalized spacial score (nSPS) is 13.7. The van der Waals surface area contributed by atoms with Gasteiger partial charge in [0.2, 0.25) is 0 Å². The first-order chi connectivity index (χ1) is 16.4. The molecule has 35 heavy (non-hydrogen) atoms. The van der Waals surface area contributed by atoms with Crippen molar-refractivity contribution in [3.63, 3.8) is 0 Å². The highest BCUT2D eigenvalue weighted by molar-refractivity contribution is 6.30. The number of H-pyrrole nitrogens is 1. The molecule has 1 aliphatic rings. The number of hydrogen-bond acceptors (Lipinski definition) is 4. The van der Waals surface area contributed by atoms with Crippen LogP contribution >= 0.6 is 11.6 Å². The summed E-state index contributed by atoms with van der Waals surface area (Å²) in [5.41, 5.74) is 2.42. The number of halogens is 4. The minimum Gasteiger partial charge on any atom is -0.369 e. The Balaban J connectivity index is 0.000000612. The number of nitrogens with zero attached hydrogens (tertiary/aromatic N) is 3. The molecule has 1 aliphatic heterocycles. The van der Waals surface area contributed by atoms with Crippen LogP contribution in [0.4, 0.5) is 18.9 Å². The van der Waals surface area contributed by atoms with Crippen LogP contribution in [-0.4, -0.2) is 54.4 Å². The van der Waals surface area contributed by atoms with Gasteiger partial charge in [-0.1, -0.05) is 45.4 Å². The van der Waals surface area contributed by atoms with Gasteiger partial charge >= 0.3 is 6.18 Å². The van der Waals surface area contributed by atoms with Gasteiger partial charge in [0.1, 0.15) is 0 Å². The molecular formula is C26H43ClF3N5. The molecule has 2 heterocycles. The molecule has 2 N–H and O–H groups in total. The van der Waals surface area contributed by atoms with Crippen molar-refractivity contribution in [2.75, 3.05) is 38.1 Å². The van der Waals surface area contributed by atoms with Crippen LogP contribution in [0.25, 0.3) is 0 Å². The van der Waals surface area contributed by atoms with Crippen LogP contribution in [0, 0.1) is 13.8 Å². The SMILES string of the molecule is C=CC.CC.CC(C)NCc1cc(Cl)ccc1N1CCN(C)CC1.Cc1[nH]nc(C(F)(F)F)c1C. The summed E-state index contributed by atoms with van der Waals surface area (Å²) in [5.74, 6) is 0. The minimum atomic E-state index is -4.34. The molecule has 0 aliphatic carbocycles. The molecular weight excluding hydrogens is 475 g/mol. The number of alkyl halides is 3. The van der Waals surface area contributed by atoms with E-state index in [2.05, 4.69) is 64.9 Å². The summed E-state index contributed by atoms with van der Waals surface area (Å²) in [6.07, 6.45) is -2.59. The van der Waals surface area contributed by atoms with Gasteiger partial charge in [0.05, 0.1) is 0 Å². The topological polar surface area (TPSA) is 47.2 Å². The number of aryl methyl sites for hydroxylation is 1. The van der Waals surface area contributed by atoms with E-state index in [1.54, 1.807) is 13.0 Å². The lowest BCUT2D eigenvalue weighted by Gasteiger charge is -2.35. The first-order valence-electron chi connectivity index (χ1n) is 12.0. The summed E-state index contributed by atoms with van der Waals surface area (Å²) in [4.78, 5) is 4.84. The van der Waals surface area contributed by atoms with Crippen LogP contribution in [0.15, 0.2) is 30.9 Å². The third-order valence-corrected chi connectivity index (χ3v) is 5.34. The summed E-state index contributed by atoms with van der Waals surface area (Å²) < 4.78 is 35.9. The fourth-order valence-corrected chi connectivity index (χ4v) is 3.32.